The third-order valence-electron chi connectivity index (χ3n) is 9.55. The topological polar surface area (TPSA) is 56.7 Å². The number of benzene rings is 3. The molecule has 49 heavy (non-hydrogen) atoms. The number of aromatic nitrogens is 4. The molecule has 0 bridgehead atoms. The quantitative estimate of drug-likeness (QED) is 0.166. The van der Waals surface area contributed by atoms with Gasteiger partial charge in [-0.3, -0.25) is 4.98 Å². The van der Waals surface area contributed by atoms with E-state index in [1.807, 2.05) is 43.5 Å². The average molecular weight is 821 g/mol. The molecule has 0 atom stereocenters. The van der Waals surface area contributed by atoms with Crippen LogP contribution in [0.1, 0.15) is 74.8 Å². The molecule has 3 aromatic carbocycles. The number of nitrogens with zero attached hydrogens (tertiary/aromatic N) is 4. The van der Waals surface area contributed by atoms with Gasteiger partial charge in [0.25, 0.3) is 0 Å². The molecule has 1 fully saturated rings. The Bertz CT molecular complexity index is 2300. The van der Waals surface area contributed by atoms with Crippen LogP contribution in [0.4, 0.5) is 0 Å². The number of rotatable bonds is 4. The summed E-state index contributed by atoms with van der Waals surface area (Å²) >= 11 is 0. The molecular weight excluding hydrogens is 781 g/mol. The van der Waals surface area contributed by atoms with Crippen molar-refractivity contribution in [3.8, 4) is 22.6 Å². The standard InChI is InChI=1S/C22H21N2O.C21H19N2.Ir/c1-14-8-9-17-16-6-5-7-18(20(16)25-21(17)24-14)19-12-15(10-11-23-19)13-22(2,3)4;1-2-9-16(10-3-1)21-22-19-13-12-17(15-7-4-5-8-15)18-11-6-14-23(21)20(18)19;/h5-6,8-12H,13H2,1-4H3;1-3,6,9,11-13,15H,4-5,7-8,14H2;/q2*-1;. The Kier molecular flexibility index (Phi) is 9.13. The van der Waals surface area contributed by atoms with Crippen LogP contribution in [0.25, 0.3) is 61.8 Å². The molecule has 0 amide bonds. The molecule has 2 aliphatic rings. The zero-order valence-electron chi connectivity index (χ0n) is 28.5. The Morgan fingerprint density at radius 1 is 0.918 bits per heavy atom. The van der Waals surface area contributed by atoms with E-state index in [2.05, 4.69) is 102 Å². The molecular formula is C43H40IrN4O-2. The maximum Gasteiger partial charge on any atom is 0.216 e. The Morgan fingerprint density at radius 3 is 2.57 bits per heavy atom. The summed E-state index contributed by atoms with van der Waals surface area (Å²) in [6.07, 6.45) is 12.9. The predicted octanol–water partition coefficient (Wildman–Crippen LogP) is 10.9. The minimum Gasteiger partial charge on any atom is -0.486 e. The normalized spacial score (nSPS) is 14.3. The molecule has 0 spiro atoms. The van der Waals surface area contributed by atoms with Crippen LogP contribution in [0.15, 0.2) is 89.5 Å². The van der Waals surface area contributed by atoms with E-state index in [4.69, 9.17) is 9.40 Å². The number of hydrogen-bond acceptors (Lipinski definition) is 4. The van der Waals surface area contributed by atoms with E-state index in [0.717, 1.165) is 69.1 Å². The van der Waals surface area contributed by atoms with Gasteiger partial charge in [-0.25, -0.2) is 4.98 Å². The maximum absolute atomic E-state index is 6.08. The van der Waals surface area contributed by atoms with Crippen molar-refractivity contribution >= 4 is 39.2 Å². The summed E-state index contributed by atoms with van der Waals surface area (Å²) < 4.78 is 8.43. The van der Waals surface area contributed by atoms with Gasteiger partial charge < -0.3 is 14.0 Å². The Morgan fingerprint density at radius 2 is 1.78 bits per heavy atom. The van der Waals surface area contributed by atoms with Crippen LogP contribution in [0.5, 0.6) is 0 Å². The van der Waals surface area contributed by atoms with Gasteiger partial charge in [0.2, 0.25) is 5.71 Å². The molecule has 6 heteroatoms. The van der Waals surface area contributed by atoms with Gasteiger partial charge in [-0.15, -0.1) is 54.1 Å². The molecule has 1 saturated carbocycles. The molecule has 5 heterocycles. The summed E-state index contributed by atoms with van der Waals surface area (Å²) in [7, 11) is 0. The van der Waals surface area contributed by atoms with Crippen LogP contribution in [0.2, 0.25) is 0 Å². The van der Waals surface area contributed by atoms with Crippen molar-refractivity contribution < 1.29 is 24.5 Å². The Labute approximate surface area is 301 Å². The second kappa shape index (κ2) is 13.5. The number of hydrogen-bond donors (Lipinski definition) is 0. The SMILES string of the molecule is Cc1ccc2c(n1)oc1c(-c3cc(CC(C)(C)C)ccn3)[c-]ccc12.[Ir].[c-]1ccccc1-c1nc2ccc(C3CCCC3)c3c2n1CC=C3. The Hall–Kier alpha value is -4.38. The van der Waals surface area contributed by atoms with E-state index in [1.54, 1.807) is 0 Å². The summed E-state index contributed by atoms with van der Waals surface area (Å²) in [6, 6.07) is 31.6. The second-order valence-corrected chi connectivity index (χ2v) is 14.4. The average Bonchev–Trinajstić information content (AvgIpc) is 3.84. The number of pyridine rings is 2. The van der Waals surface area contributed by atoms with E-state index < -0.39 is 0 Å². The molecule has 1 aliphatic heterocycles. The predicted molar refractivity (Wildman–Crippen MR) is 196 cm³/mol. The molecule has 9 rings (SSSR count). The summed E-state index contributed by atoms with van der Waals surface area (Å²) in [5, 5.41) is 2.08. The molecule has 0 saturated heterocycles. The minimum atomic E-state index is 0. The van der Waals surface area contributed by atoms with Gasteiger partial charge in [-0.05, 0) is 73.0 Å². The number of imidazole rings is 1. The van der Waals surface area contributed by atoms with E-state index in [0.29, 0.717) is 5.71 Å². The smallest absolute Gasteiger partial charge is 0.216 e. The van der Waals surface area contributed by atoms with E-state index >= 15 is 0 Å². The third-order valence-corrected chi connectivity index (χ3v) is 9.55. The van der Waals surface area contributed by atoms with Crippen LogP contribution < -0.4 is 0 Å². The molecule has 1 radical (unpaired) electrons. The third kappa shape index (κ3) is 6.52. The Balaban J connectivity index is 0.000000152. The first-order chi connectivity index (χ1) is 23.3. The first-order valence-electron chi connectivity index (χ1n) is 17.1. The van der Waals surface area contributed by atoms with Crippen LogP contribution in [0, 0.1) is 24.5 Å². The van der Waals surface area contributed by atoms with Crippen molar-refractivity contribution in [3.63, 3.8) is 0 Å². The zero-order valence-corrected chi connectivity index (χ0v) is 30.9. The second-order valence-electron chi connectivity index (χ2n) is 14.4. The first-order valence-corrected chi connectivity index (χ1v) is 17.1. The number of aryl methyl sites for hydroxylation is 1. The van der Waals surface area contributed by atoms with Gasteiger partial charge in [-0.1, -0.05) is 74.4 Å². The molecule has 5 nitrogen and oxygen atoms in total. The van der Waals surface area contributed by atoms with Gasteiger partial charge in [0.1, 0.15) is 0 Å². The number of fused-ring (bicyclic) bond motifs is 3. The van der Waals surface area contributed by atoms with Crippen molar-refractivity contribution in [2.24, 2.45) is 5.41 Å². The molecule has 4 aromatic heterocycles. The molecule has 0 N–H and O–H groups in total. The first kappa shape index (κ1) is 33.1. The summed E-state index contributed by atoms with van der Waals surface area (Å²) in [5.41, 5.74) is 12.1. The van der Waals surface area contributed by atoms with Crippen LogP contribution >= 0.6 is 0 Å². The van der Waals surface area contributed by atoms with E-state index in [9.17, 15) is 0 Å². The van der Waals surface area contributed by atoms with Gasteiger partial charge in [0.05, 0.1) is 22.4 Å². The van der Waals surface area contributed by atoms with Gasteiger partial charge in [0, 0.05) is 49.5 Å². The van der Waals surface area contributed by atoms with Crippen molar-refractivity contribution in [2.75, 3.05) is 0 Å². The van der Waals surface area contributed by atoms with Gasteiger partial charge in [0.15, 0.2) is 0 Å². The fourth-order valence-corrected chi connectivity index (χ4v) is 7.46. The summed E-state index contributed by atoms with van der Waals surface area (Å²) in [6.45, 7) is 9.60. The van der Waals surface area contributed by atoms with Crippen molar-refractivity contribution in [3.05, 3.63) is 120 Å². The van der Waals surface area contributed by atoms with Gasteiger partial charge in [-0.2, -0.15) is 0 Å². The maximum atomic E-state index is 6.08. The van der Waals surface area contributed by atoms with Crippen molar-refractivity contribution in [1.82, 2.24) is 19.5 Å². The van der Waals surface area contributed by atoms with E-state index in [1.165, 1.54) is 47.9 Å². The number of allylic oxidation sites excluding steroid dienone is 1. The fourth-order valence-electron chi connectivity index (χ4n) is 7.46. The van der Waals surface area contributed by atoms with Crippen molar-refractivity contribution in [2.45, 2.75) is 72.3 Å². The van der Waals surface area contributed by atoms with Crippen molar-refractivity contribution in [1.29, 1.82) is 0 Å². The van der Waals surface area contributed by atoms with Crippen LogP contribution in [0.3, 0.4) is 0 Å². The van der Waals surface area contributed by atoms with Crippen LogP contribution in [-0.2, 0) is 33.1 Å². The fraction of sp³-hybridized carbons (Fsp3) is 0.279. The minimum absolute atomic E-state index is 0. The van der Waals surface area contributed by atoms with E-state index in [-0.39, 0.29) is 25.5 Å². The molecule has 0 unspecified atom stereocenters. The number of furan rings is 1. The molecule has 1 aliphatic carbocycles. The van der Waals surface area contributed by atoms with Crippen LogP contribution in [-0.4, -0.2) is 19.5 Å². The monoisotopic (exact) mass is 821 g/mol. The zero-order chi connectivity index (χ0) is 32.8. The van der Waals surface area contributed by atoms with Gasteiger partial charge >= 0.3 is 0 Å². The largest absolute Gasteiger partial charge is 0.486 e. The molecule has 249 valence electrons. The summed E-state index contributed by atoms with van der Waals surface area (Å²) in [5.74, 6) is 1.77. The summed E-state index contributed by atoms with van der Waals surface area (Å²) in [4.78, 5) is 14.0. The molecule has 7 aromatic rings.